The van der Waals surface area contributed by atoms with Crippen LogP contribution in [0.25, 0.3) is 0 Å². The second-order valence-corrected chi connectivity index (χ2v) is 7.32. The van der Waals surface area contributed by atoms with Gasteiger partial charge in [-0.05, 0) is 47.7 Å². The van der Waals surface area contributed by atoms with E-state index in [1.54, 1.807) is 6.07 Å². The van der Waals surface area contributed by atoms with Gasteiger partial charge >= 0.3 is 0 Å². The van der Waals surface area contributed by atoms with Gasteiger partial charge < -0.3 is 15.9 Å². The molecule has 0 fully saturated rings. The summed E-state index contributed by atoms with van der Waals surface area (Å²) >= 11 is 1.43. The van der Waals surface area contributed by atoms with Crippen LogP contribution < -0.4 is 5.73 Å². The summed E-state index contributed by atoms with van der Waals surface area (Å²) in [4.78, 5) is 0.702. The van der Waals surface area contributed by atoms with E-state index < -0.39 is 0 Å². The van der Waals surface area contributed by atoms with E-state index in [1.165, 1.54) is 11.8 Å². The molecule has 0 saturated heterocycles. The largest absolute Gasteiger partial charge is 0.504 e. The average molecular weight is 283 g/mol. The van der Waals surface area contributed by atoms with Crippen LogP contribution in [0.15, 0.2) is 17.0 Å². The van der Waals surface area contributed by atoms with E-state index >= 15 is 0 Å². The summed E-state index contributed by atoms with van der Waals surface area (Å²) in [6.45, 7) is 9.19. The fourth-order valence-electron chi connectivity index (χ4n) is 2.51. The zero-order chi connectivity index (χ0) is 14.8. The minimum atomic E-state index is -0.113. The molecule has 19 heavy (non-hydrogen) atoms. The van der Waals surface area contributed by atoms with Crippen molar-refractivity contribution in [2.24, 2.45) is 11.1 Å². The Morgan fingerprint density at radius 1 is 1.16 bits per heavy atom. The number of thioether (sulfide) groups is 1. The van der Waals surface area contributed by atoms with Crippen molar-refractivity contribution in [2.45, 2.75) is 44.4 Å². The van der Waals surface area contributed by atoms with Gasteiger partial charge in [-0.15, -0.1) is 11.8 Å². The van der Waals surface area contributed by atoms with E-state index in [0.29, 0.717) is 11.4 Å². The highest BCUT2D eigenvalue weighted by Gasteiger charge is 2.30. The zero-order valence-electron chi connectivity index (χ0n) is 12.4. The number of hydrogen-bond acceptors (Lipinski definition) is 4. The van der Waals surface area contributed by atoms with Gasteiger partial charge in [-0.2, -0.15) is 0 Å². The normalized spacial score (nSPS) is 12.7. The van der Waals surface area contributed by atoms with E-state index in [2.05, 4.69) is 27.7 Å². The second kappa shape index (κ2) is 5.63. The van der Waals surface area contributed by atoms with Crippen molar-refractivity contribution in [3.05, 3.63) is 17.7 Å². The topological polar surface area (TPSA) is 66.5 Å². The van der Waals surface area contributed by atoms with Crippen molar-refractivity contribution in [2.75, 3.05) is 12.8 Å². The van der Waals surface area contributed by atoms with Crippen LogP contribution in [0, 0.1) is 5.41 Å². The number of phenolic OH excluding ortho intramolecular Hbond substituents is 2. The number of aromatic hydroxyl groups is 2. The maximum atomic E-state index is 9.84. The summed E-state index contributed by atoms with van der Waals surface area (Å²) in [6.07, 6.45) is 2.80. The minimum Gasteiger partial charge on any atom is -0.504 e. The van der Waals surface area contributed by atoms with Gasteiger partial charge in [0, 0.05) is 0 Å². The van der Waals surface area contributed by atoms with E-state index in [9.17, 15) is 10.2 Å². The summed E-state index contributed by atoms with van der Waals surface area (Å²) in [7, 11) is 0. The Labute approximate surface area is 120 Å². The van der Waals surface area contributed by atoms with Crippen molar-refractivity contribution < 1.29 is 10.2 Å². The van der Waals surface area contributed by atoms with E-state index in [1.807, 2.05) is 12.3 Å². The summed E-state index contributed by atoms with van der Waals surface area (Å²) in [5.41, 5.74) is 6.76. The van der Waals surface area contributed by atoms with Gasteiger partial charge in [0.05, 0.1) is 4.90 Å². The van der Waals surface area contributed by atoms with Crippen molar-refractivity contribution >= 4 is 11.8 Å². The molecular weight excluding hydrogens is 258 g/mol. The first kappa shape index (κ1) is 16.2. The Bertz CT molecular complexity index is 456. The van der Waals surface area contributed by atoms with Crippen molar-refractivity contribution in [1.82, 2.24) is 0 Å². The van der Waals surface area contributed by atoms with Crippen molar-refractivity contribution in [1.29, 1.82) is 0 Å². The molecule has 0 aliphatic carbocycles. The molecular formula is C15H25NO2S. The number of hydrogen-bond donors (Lipinski definition) is 3. The lowest BCUT2D eigenvalue weighted by Gasteiger charge is -2.35. The summed E-state index contributed by atoms with van der Waals surface area (Å²) in [5, 5.41) is 19.6. The first-order chi connectivity index (χ1) is 8.63. The summed E-state index contributed by atoms with van der Waals surface area (Å²) in [5.74, 6) is -0.0920. The third-order valence-corrected chi connectivity index (χ3v) is 4.28. The Kier molecular flexibility index (Phi) is 4.80. The maximum Gasteiger partial charge on any atom is 0.171 e. The maximum absolute atomic E-state index is 9.84. The molecule has 0 bridgehead atoms. The van der Waals surface area contributed by atoms with Crippen LogP contribution in [0.5, 0.6) is 11.5 Å². The molecule has 1 rings (SSSR count). The SMILES string of the molecule is CSc1cc(C(C)(C)CC(C)(C)CN)cc(O)c1O. The van der Waals surface area contributed by atoms with Gasteiger partial charge in [0.2, 0.25) is 0 Å². The van der Waals surface area contributed by atoms with Gasteiger partial charge in [-0.25, -0.2) is 0 Å². The van der Waals surface area contributed by atoms with Crippen LogP contribution in [0.3, 0.4) is 0 Å². The van der Waals surface area contributed by atoms with Gasteiger partial charge in [-0.3, -0.25) is 0 Å². The first-order valence-electron chi connectivity index (χ1n) is 6.43. The van der Waals surface area contributed by atoms with Crippen molar-refractivity contribution in [3.63, 3.8) is 0 Å². The van der Waals surface area contributed by atoms with Crippen LogP contribution in [-0.2, 0) is 5.41 Å². The highest BCUT2D eigenvalue weighted by Crippen LogP contribution is 2.42. The lowest BCUT2D eigenvalue weighted by molar-refractivity contribution is 0.264. The third kappa shape index (κ3) is 3.80. The van der Waals surface area contributed by atoms with Gasteiger partial charge in [0.25, 0.3) is 0 Å². The minimum absolute atomic E-state index is 0.0369. The lowest BCUT2D eigenvalue weighted by Crippen LogP contribution is -2.32. The number of nitrogens with two attached hydrogens (primary N) is 1. The summed E-state index contributed by atoms with van der Waals surface area (Å²) in [6, 6.07) is 3.61. The van der Waals surface area contributed by atoms with Crippen LogP contribution in [0.4, 0.5) is 0 Å². The predicted octanol–water partition coefficient (Wildman–Crippen LogP) is 3.47. The molecule has 0 saturated carbocycles. The molecule has 0 unspecified atom stereocenters. The molecule has 0 atom stereocenters. The molecule has 0 heterocycles. The van der Waals surface area contributed by atoms with Gasteiger partial charge in [-0.1, -0.05) is 27.7 Å². The molecule has 0 spiro atoms. The van der Waals surface area contributed by atoms with Crippen LogP contribution in [0.2, 0.25) is 0 Å². The van der Waals surface area contributed by atoms with Crippen LogP contribution in [-0.4, -0.2) is 23.0 Å². The Hall–Kier alpha value is -0.870. The fourth-order valence-corrected chi connectivity index (χ4v) is 3.05. The molecule has 108 valence electrons. The first-order valence-corrected chi connectivity index (χ1v) is 7.66. The Morgan fingerprint density at radius 2 is 1.74 bits per heavy atom. The molecule has 0 radical (unpaired) electrons. The van der Waals surface area contributed by atoms with E-state index in [0.717, 1.165) is 12.0 Å². The summed E-state index contributed by atoms with van der Waals surface area (Å²) < 4.78 is 0. The molecule has 0 aromatic heterocycles. The molecule has 4 heteroatoms. The predicted molar refractivity (Wildman–Crippen MR) is 82.0 cm³/mol. The van der Waals surface area contributed by atoms with Gasteiger partial charge in [0.1, 0.15) is 0 Å². The van der Waals surface area contributed by atoms with Gasteiger partial charge in [0.15, 0.2) is 11.5 Å². The number of phenols is 2. The smallest absolute Gasteiger partial charge is 0.171 e. The Morgan fingerprint density at radius 3 is 2.21 bits per heavy atom. The molecule has 0 aliphatic rings. The second-order valence-electron chi connectivity index (χ2n) is 6.48. The third-order valence-electron chi connectivity index (χ3n) is 3.53. The molecule has 1 aromatic carbocycles. The molecule has 0 amide bonds. The molecule has 3 nitrogen and oxygen atoms in total. The quantitative estimate of drug-likeness (QED) is 0.572. The average Bonchev–Trinajstić information content (AvgIpc) is 2.31. The fraction of sp³-hybridized carbons (Fsp3) is 0.600. The highest BCUT2D eigenvalue weighted by molar-refractivity contribution is 7.98. The van der Waals surface area contributed by atoms with Crippen LogP contribution >= 0.6 is 11.8 Å². The van der Waals surface area contributed by atoms with Crippen LogP contribution in [0.1, 0.15) is 39.7 Å². The molecule has 1 aromatic rings. The molecule has 0 aliphatic heterocycles. The van der Waals surface area contributed by atoms with E-state index in [4.69, 9.17) is 5.73 Å². The number of rotatable bonds is 5. The Balaban J connectivity index is 3.18. The molecule has 4 N–H and O–H groups in total. The standard InChI is InChI=1S/C15H25NO2S/c1-14(2,9-16)8-15(3,4)10-6-11(17)13(18)12(7-10)19-5/h6-7,17-18H,8-9,16H2,1-5H3. The van der Waals surface area contributed by atoms with E-state index in [-0.39, 0.29) is 22.3 Å². The number of benzene rings is 1. The van der Waals surface area contributed by atoms with Crippen molar-refractivity contribution in [3.8, 4) is 11.5 Å². The zero-order valence-corrected chi connectivity index (χ0v) is 13.3. The lowest BCUT2D eigenvalue weighted by atomic mass is 9.71. The monoisotopic (exact) mass is 283 g/mol. The highest BCUT2D eigenvalue weighted by atomic mass is 32.2.